The summed E-state index contributed by atoms with van der Waals surface area (Å²) in [7, 11) is 0. The van der Waals surface area contributed by atoms with Gasteiger partial charge in [0, 0.05) is 11.3 Å². The molecule has 0 heterocycles. The molecule has 1 N–H and O–H groups in total. The zero-order valence-corrected chi connectivity index (χ0v) is 12.8. The van der Waals surface area contributed by atoms with Crippen molar-refractivity contribution < 1.29 is 9.59 Å². The molecule has 21 heavy (non-hydrogen) atoms. The van der Waals surface area contributed by atoms with Crippen molar-refractivity contribution in [1.82, 2.24) is 0 Å². The van der Waals surface area contributed by atoms with Gasteiger partial charge in [0.25, 0.3) is 0 Å². The standard InChI is InChI=1S/C16H13Cl2NO2/c1-10(20)12-3-2-4-13(9-12)19-16(21)8-11-5-6-14(17)15(18)7-11/h2-7,9H,8H2,1H3,(H,19,21). The zero-order valence-electron chi connectivity index (χ0n) is 11.3. The van der Waals surface area contributed by atoms with E-state index in [1.54, 1.807) is 42.5 Å². The number of benzene rings is 2. The molecule has 108 valence electrons. The van der Waals surface area contributed by atoms with Gasteiger partial charge in [0.1, 0.15) is 0 Å². The molecule has 0 bridgehead atoms. The molecule has 1 amide bonds. The third-order valence-electron chi connectivity index (χ3n) is 2.90. The first-order valence-corrected chi connectivity index (χ1v) is 7.06. The molecule has 3 nitrogen and oxygen atoms in total. The molecule has 0 saturated heterocycles. The molecule has 0 spiro atoms. The van der Waals surface area contributed by atoms with Crippen molar-refractivity contribution in [2.75, 3.05) is 5.32 Å². The Morgan fingerprint density at radius 1 is 1.05 bits per heavy atom. The summed E-state index contributed by atoms with van der Waals surface area (Å²) in [5.74, 6) is -0.232. The van der Waals surface area contributed by atoms with Gasteiger partial charge in [0.15, 0.2) is 5.78 Å². The molecule has 2 aromatic carbocycles. The number of anilines is 1. The second-order valence-corrected chi connectivity index (χ2v) is 5.42. The average Bonchev–Trinajstić information content (AvgIpc) is 2.43. The Morgan fingerprint density at radius 3 is 2.48 bits per heavy atom. The van der Waals surface area contributed by atoms with Crippen LogP contribution < -0.4 is 5.32 Å². The van der Waals surface area contributed by atoms with Crippen LogP contribution in [0.2, 0.25) is 10.0 Å². The number of nitrogens with one attached hydrogen (secondary N) is 1. The van der Waals surface area contributed by atoms with Crippen molar-refractivity contribution in [3.63, 3.8) is 0 Å². The highest BCUT2D eigenvalue weighted by Gasteiger charge is 2.07. The lowest BCUT2D eigenvalue weighted by Crippen LogP contribution is -2.14. The molecule has 5 heteroatoms. The minimum atomic E-state index is -0.186. The van der Waals surface area contributed by atoms with Crippen LogP contribution in [0.1, 0.15) is 22.8 Å². The van der Waals surface area contributed by atoms with E-state index in [1.165, 1.54) is 6.92 Å². The van der Waals surface area contributed by atoms with Crippen LogP contribution >= 0.6 is 23.2 Å². The van der Waals surface area contributed by atoms with E-state index in [0.29, 0.717) is 21.3 Å². The van der Waals surface area contributed by atoms with Gasteiger partial charge in [-0.05, 0) is 36.8 Å². The second kappa shape index (κ2) is 6.74. The van der Waals surface area contributed by atoms with Gasteiger partial charge >= 0.3 is 0 Å². The van der Waals surface area contributed by atoms with E-state index in [0.717, 1.165) is 5.56 Å². The van der Waals surface area contributed by atoms with E-state index in [9.17, 15) is 9.59 Å². The van der Waals surface area contributed by atoms with E-state index in [-0.39, 0.29) is 18.1 Å². The summed E-state index contributed by atoms with van der Waals surface area (Å²) >= 11 is 11.7. The quantitative estimate of drug-likeness (QED) is 0.849. The monoisotopic (exact) mass is 321 g/mol. The van der Waals surface area contributed by atoms with E-state index in [1.807, 2.05) is 0 Å². The molecule has 0 atom stereocenters. The predicted molar refractivity (Wildman–Crippen MR) is 85.2 cm³/mol. The molecule has 0 aliphatic carbocycles. The molecule has 2 rings (SSSR count). The van der Waals surface area contributed by atoms with Crippen LogP contribution in [-0.2, 0) is 11.2 Å². The lowest BCUT2D eigenvalue weighted by atomic mass is 10.1. The van der Waals surface area contributed by atoms with Crippen molar-refractivity contribution in [3.05, 3.63) is 63.6 Å². The lowest BCUT2D eigenvalue weighted by molar-refractivity contribution is -0.115. The average molecular weight is 322 g/mol. The fourth-order valence-corrected chi connectivity index (χ4v) is 2.18. The summed E-state index contributed by atoms with van der Waals surface area (Å²) in [6, 6.07) is 11.9. The second-order valence-electron chi connectivity index (χ2n) is 4.61. The van der Waals surface area contributed by atoms with Crippen molar-refractivity contribution in [2.45, 2.75) is 13.3 Å². The lowest BCUT2D eigenvalue weighted by Gasteiger charge is -2.07. The van der Waals surface area contributed by atoms with Crippen LogP contribution in [0.4, 0.5) is 5.69 Å². The smallest absolute Gasteiger partial charge is 0.228 e. The Morgan fingerprint density at radius 2 is 1.81 bits per heavy atom. The molecule has 0 aliphatic heterocycles. The summed E-state index contributed by atoms with van der Waals surface area (Å²) in [5.41, 5.74) is 1.92. The summed E-state index contributed by atoms with van der Waals surface area (Å²) in [6.07, 6.45) is 0.182. The Bertz CT molecular complexity index is 698. The topological polar surface area (TPSA) is 46.2 Å². The number of ketones is 1. The summed E-state index contributed by atoms with van der Waals surface area (Å²) in [5, 5.41) is 3.62. The molecule has 0 radical (unpaired) electrons. The van der Waals surface area contributed by atoms with Crippen LogP contribution in [-0.4, -0.2) is 11.7 Å². The first-order valence-electron chi connectivity index (χ1n) is 6.30. The summed E-state index contributed by atoms with van der Waals surface area (Å²) < 4.78 is 0. The Labute approximate surface area is 132 Å². The minimum Gasteiger partial charge on any atom is -0.326 e. The van der Waals surface area contributed by atoms with E-state index < -0.39 is 0 Å². The van der Waals surface area contributed by atoms with Crippen LogP contribution in [0.25, 0.3) is 0 Å². The summed E-state index contributed by atoms with van der Waals surface area (Å²) in [4.78, 5) is 23.3. The third kappa shape index (κ3) is 4.31. The molecule has 0 aliphatic rings. The fourth-order valence-electron chi connectivity index (χ4n) is 1.86. The number of hydrogen-bond acceptors (Lipinski definition) is 2. The number of carbonyl (C=O) groups is 2. The number of hydrogen-bond donors (Lipinski definition) is 1. The van der Waals surface area contributed by atoms with Crippen molar-refractivity contribution in [1.29, 1.82) is 0 Å². The maximum Gasteiger partial charge on any atom is 0.228 e. The maximum atomic E-state index is 12.0. The summed E-state index contributed by atoms with van der Waals surface area (Å²) in [6.45, 7) is 1.48. The van der Waals surface area contributed by atoms with Gasteiger partial charge in [-0.15, -0.1) is 0 Å². The normalized spacial score (nSPS) is 10.2. The van der Waals surface area contributed by atoms with E-state index in [4.69, 9.17) is 23.2 Å². The van der Waals surface area contributed by atoms with Crippen LogP contribution in [0.3, 0.4) is 0 Å². The highest BCUT2D eigenvalue weighted by atomic mass is 35.5. The molecular weight excluding hydrogens is 309 g/mol. The number of amides is 1. The van der Waals surface area contributed by atoms with Gasteiger partial charge in [-0.1, -0.05) is 41.4 Å². The maximum absolute atomic E-state index is 12.0. The van der Waals surface area contributed by atoms with Gasteiger partial charge in [-0.2, -0.15) is 0 Å². The number of Topliss-reactive ketones (excluding diaryl/α,β-unsaturated/α-hetero) is 1. The first-order chi connectivity index (χ1) is 9.95. The number of carbonyl (C=O) groups excluding carboxylic acids is 2. The van der Waals surface area contributed by atoms with Gasteiger partial charge in [0.2, 0.25) is 5.91 Å². The van der Waals surface area contributed by atoms with Crippen LogP contribution in [0, 0.1) is 0 Å². The highest BCUT2D eigenvalue weighted by molar-refractivity contribution is 6.42. The minimum absolute atomic E-state index is 0.0458. The van der Waals surface area contributed by atoms with Crippen LogP contribution in [0.5, 0.6) is 0 Å². The molecular formula is C16H13Cl2NO2. The van der Waals surface area contributed by atoms with Crippen LogP contribution in [0.15, 0.2) is 42.5 Å². The fraction of sp³-hybridized carbons (Fsp3) is 0.125. The molecule has 0 unspecified atom stereocenters. The SMILES string of the molecule is CC(=O)c1cccc(NC(=O)Cc2ccc(Cl)c(Cl)c2)c1. The molecule has 0 saturated carbocycles. The first kappa shape index (κ1) is 15.5. The molecule has 0 aromatic heterocycles. The van der Waals surface area contributed by atoms with Gasteiger partial charge in [0.05, 0.1) is 16.5 Å². The highest BCUT2D eigenvalue weighted by Crippen LogP contribution is 2.23. The van der Waals surface area contributed by atoms with Crippen molar-refractivity contribution in [3.8, 4) is 0 Å². The Kier molecular flexibility index (Phi) is 4.99. The molecule has 2 aromatic rings. The van der Waals surface area contributed by atoms with Crippen molar-refractivity contribution >= 4 is 40.6 Å². The Hall–Kier alpha value is -1.84. The van der Waals surface area contributed by atoms with Crippen molar-refractivity contribution in [2.24, 2.45) is 0 Å². The number of rotatable bonds is 4. The Balaban J connectivity index is 2.06. The van der Waals surface area contributed by atoms with E-state index >= 15 is 0 Å². The van der Waals surface area contributed by atoms with Gasteiger partial charge in [-0.3, -0.25) is 9.59 Å². The third-order valence-corrected chi connectivity index (χ3v) is 3.64. The van der Waals surface area contributed by atoms with Gasteiger partial charge in [-0.25, -0.2) is 0 Å². The number of halogens is 2. The van der Waals surface area contributed by atoms with Gasteiger partial charge < -0.3 is 5.32 Å². The predicted octanol–water partition coefficient (Wildman–Crippen LogP) is 4.38. The molecule has 0 fully saturated rings. The zero-order chi connectivity index (χ0) is 15.4. The van der Waals surface area contributed by atoms with E-state index in [2.05, 4.69) is 5.32 Å². The largest absolute Gasteiger partial charge is 0.326 e.